The minimum Gasteiger partial charge on any atom is -0.344 e. The van der Waals surface area contributed by atoms with Gasteiger partial charge in [0.1, 0.15) is 12.0 Å². The molecule has 0 bridgehead atoms. The Morgan fingerprint density at radius 3 is 2.00 bits per heavy atom. The van der Waals surface area contributed by atoms with Gasteiger partial charge in [0.15, 0.2) is 5.84 Å². The molecule has 7 rings (SSSR count). The molecular weight excluding hydrogens is 512 g/mol. The van der Waals surface area contributed by atoms with Crippen LogP contribution in [0.5, 0.6) is 0 Å². The third-order valence-corrected chi connectivity index (χ3v) is 7.60. The standard InChI is InChI=1S/C38H26N4/c39-25-31-16-8-9-17-32(31)34-24-23-26-11-7-10-18-33(26)35(34)27-19-21-30(22-20-27)38-41-36(28-12-3-1-4-13-28)40-37(42-38)29-14-5-2-6-15-29/h1-24,38H,(H,40,41,42). The topological polar surface area (TPSA) is 60.5 Å². The highest BCUT2D eigenvalue weighted by molar-refractivity contribution is 6.13. The van der Waals surface area contributed by atoms with E-state index in [0.29, 0.717) is 11.4 Å². The molecule has 1 atom stereocenters. The van der Waals surface area contributed by atoms with Crippen LogP contribution in [0, 0.1) is 11.3 Å². The molecule has 6 aromatic rings. The summed E-state index contributed by atoms with van der Waals surface area (Å²) in [5.41, 5.74) is 7.85. The number of nitrogens with one attached hydrogen (secondary N) is 1. The second-order valence-corrected chi connectivity index (χ2v) is 10.2. The van der Waals surface area contributed by atoms with Crippen LogP contribution in [-0.2, 0) is 0 Å². The molecule has 0 aromatic heterocycles. The van der Waals surface area contributed by atoms with Crippen LogP contribution in [0.1, 0.15) is 28.4 Å². The predicted molar refractivity (Wildman–Crippen MR) is 171 cm³/mol. The normalized spacial score (nSPS) is 14.4. The van der Waals surface area contributed by atoms with E-state index in [2.05, 4.69) is 84.2 Å². The Balaban J connectivity index is 1.32. The molecule has 1 aliphatic rings. The molecule has 4 nitrogen and oxygen atoms in total. The van der Waals surface area contributed by atoms with Crippen molar-refractivity contribution in [2.24, 2.45) is 9.98 Å². The molecule has 0 aliphatic carbocycles. The van der Waals surface area contributed by atoms with Gasteiger partial charge in [-0.2, -0.15) is 5.26 Å². The highest BCUT2D eigenvalue weighted by atomic mass is 15.2. The summed E-state index contributed by atoms with van der Waals surface area (Å²) in [6.07, 6.45) is -0.298. The van der Waals surface area contributed by atoms with Crippen LogP contribution in [-0.4, -0.2) is 11.7 Å². The van der Waals surface area contributed by atoms with Gasteiger partial charge in [-0.25, -0.2) is 9.98 Å². The summed E-state index contributed by atoms with van der Waals surface area (Å²) < 4.78 is 0. The van der Waals surface area contributed by atoms with Gasteiger partial charge in [0, 0.05) is 16.7 Å². The molecule has 1 unspecified atom stereocenters. The molecule has 0 saturated heterocycles. The van der Waals surface area contributed by atoms with Gasteiger partial charge in [-0.15, -0.1) is 0 Å². The van der Waals surface area contributed by atoms with E-state index in [1.807, 2.05) is 72.8 Å². The maximum Gasteiger partial charge on any atom is 0.159 e. The van der Waals surface area contributed by atoms with Crippen molar-refractivity contribution in [1.82, 2.24) is 5.32 Å². The first-order valence-electron chi connectivity index (χ1n) is 13.9. The largest absolute Gasteiger partial charge is 0.344 e. The Kier molecular flexibility index (Phi) is 6.60. The lowest BCUT2D eigenvalue weighted by Crippen LogP contribution is -2.33. The van der Waals surface area contributed by atoms with E-state index in [4.69, 9.17) is 9.98 Å². The first-order valence-corrected chi connectivity index (χ1v) is 13.9. The van der Waals surface area contributed by atoms with Crippen LogP contribution in [0.2, 0.25) is 0 Å². The molecule has 42 heavy (non-hydrogen) atoms. The van der Waals surface area contributed by atoms with Gasteiger partial charge < -0.3 is 5.32 Å². The lowest BCUT2D eigenvalue weighted by atomic mass is 9.88. The van der Waals surface area contributed by atoms with Crippen LogP contribution < -0.4 is 5.32 Å². The fourth-order valence-corrected chi connectivity index (χ4v) is 5.53. The van der Waals surface area contributed by atoms with E-state index in [1.165, 1.54) is 0 Å². The van der Waals surface area contributed by atoms with Crippen molar-refractivity contribution >= 4 is 22.4 Å². The van der Waals surface area contributed by atoms with Crippen LogP contribution in [0.4, 0.5) is 0 Å². The van der Waals surface area contributed by atoms with Crippen molar-refractivity contribution < 1.29 is 0 Å². The molecule has 0 fully saturated rings. The zero-order chi connectivity index (χ0) is 28.3. The van der Waals surface area contributed by atoms with E-state index < -0.39 is 0 Å². The molecule has 4 heteroatoms. The Labute approximate surface area is 245 Å². The highest BCUT2D eigenvalue weighted by Crippen LogP contribution is 2.39. The first-order chi connectivity index (χ1) is 20.8. The third-order valence-electron chi connectivity index (χ3n) is 7.60. The van der Waals surface area contributed by atoms with Crippen LogP contribution in [0.25, 0.3) is 33.0 Å². The summed E-state index contributed by atoms with van der Waals surface area (Å²) >= 11 is 0. The second-order valence-electron chi connectivity index (χ2n) is 10.2. The van der Waals surface area contributed by atoms with Crippen molar-refractivity contribution in [3.8, 4) is 28.3 Å². The molecule has 1 heterocycles. The monoisotopic (exact) mass is 538 g/mol. The van der Waals surface area contributed by atoms with E-state index >= 15 is 0 Å². The number of nitrogens with zero attached hydrogens (tertiary/aromatic N) is 3. The number of hydrogen-bond donors (Lipinski definition) is 1. The summed E-state index contributed by atoms with van der Waals surface area (Å²) in [7, 11) is 0. The van der Waals surface area contributed by atoms with E-state index in [9.17, 15) is 5.26 Å². The smallest absolute Gasteiger partial charge is 0.159 e. The Morgan fingerprint density at radius 1 is 0.571 bits per heavy atom. The zero-order valence-electron chi connectivity index (χ0n) is 22.8. The molecule has 0 saturated carbocycles. The minimum absolute atomic E-state index is 0.298. The maximum atomic E-state index is 9.86. The molecule has 1 N–H and O–H groups in total. The molecule has 1 aliphatic heterocycles. The molecule has 6 aromatic carbocycles. The van der Waals surface area contributed by atoms with E-state index in [-0.39, 0.29) is 6.17 Å². The predicted octanol–water partition coefficient (Wildman–Crippen LogP) is 8.54. The Morgan fingerprint density at radius 2 is 1.24 bits per heavy atom. The van der Waals surface area contributed by atoms with Crippen LogP contribution in [0.15, 0.2) is 156 Å². The molecule has 198 valence electrons. The van der Waals surface area contributed by atoms with Crippen LogP contribution in [0.3, 0.4) is 0 Å². The fourth-order valence-electron chi connectivity index (χ4n) is 5.53. The van der Waals surface area contributed by atoms with E-state index in [0.717, 1.165) is 55.6 Å². The van der Waals surface area contributed by atoms with Crippen LogP contribution >= 0.6 is 0 Å². The molecule has 0 amide bonds. The third kappa shape index (κ3) is 4.74. The second kappa shape index (κ2) is 11.0. The molecular formula is C38H26N4. The lowest BCUT2D eigenvalue weighted by molar-refractivity contribution is 0.674. The quantitative estimate of drug-likeness (QED) is 0.239. The average Bonchev–Trinajstić information content (AvgIpc) is 3.08. The van der Waals surface area contributed by atoms with Gasteiger partial charge >= 0.3 is 0 Å². The summed E-state index contributed by atoms with van der Waals surface area (Å²) in [5.74, 6) is 1.50. The summed E-state index contributed by atoms with van der Waals surface area (Å²) in [6.45, 7) is 0. The molecule has 0 radical (unpaired) electrons. The first kappa shape index (κ1) is 25.2. The van der Waals surface area contributed by atoms with Crippen molar-refractivity contribution in [1.29, 1.82) is 5.26 Å². The van der Waals surface area contributed by atoms with Gasteiger partial charge in [-0.1, -0.05) is 140 Å². The SMILES string of the molecule is N#Cc1ccccc1-c1ccc2ccccc2c1-c1ccc(C2N=C(c3ccccc3)N=C(c3ccccc3)N2)cc1. The number of amidine groups is 2. The van der Waals surface area contributed by atoms with Crippen molar-refractivity contribution in [3.05, 3.63) is 168 Å². The summed E-state index contributed by atoms with van der Waals surface area (Å²) in [6, 6.07) is 51.7. The summed E-state index contributed by atoms with van der Waals surface area (Å²) in [5, 5.41) is 15.7. The molecule has 0 spiro atoms. The minimum atomic E-state index is -0.298. The van der Waals surface area contributed by atoms with Gasteiger partial charge in [0.25, 0.3) is 0 Å². The Hall–Kier alpha value is -5.79. The summed E-state index contributed by atoms with van der Waals surface area (Å²) in [4.78, 5) is 9.91. The van der Waals surface area contributed by atoms with Crippen molar-refractivity contribution in [3.63, 3.8) is 0 Å². The van der Waals surface area contributed by atoms with Gasteiger partial charge in [0.2, 0.25) is 0 Å². The lowest BCUT2D eigenvalue weighted by Gasteiger charge is -2.24. The fraction of sp³-hybridized carbons (Fsp3) is 0.0263. The number of benzene rings is 6. The van der Waals surface area contributed by atoms with Crippen molar-refractivity contribution in [2.75, 3.05) is 0 Å². The number of fused-ring (bicyclic) bond motifs is 1. The average molecular weight is 539 g/mol. The van der Waals surface area contributed by atoms with Gasteiger partial charge in [0.05, 0.1) is 11.6 Å². The van der Waals surface area contributed by atoms with Gasteiger partial charge in [-0.05, 0) is 39.1 Å². The number of rotatable bonds is 5. The zero-order valence-corrected chi connectivity index (χ0v) is 22.8. The number of aliphatic imine (C=N–C) groups is 2. The van der Waals surface area contributed by atoms with Crippen molar-refractivity contribution in [2.45, 2.75) is 6.17 Å². The van der Waals surface area contributed by atoms with E-state index in [1.54, 1.807) is 0 Å². The Bertz CT molecular complexity index is 2000. The highest BCUT2D eigenvalue weighted by Gasteiger charge is 2.21. The van der Waals surface area contributed by atoms with Gasteiger partial charge in [-0.3, -0.25) is 0 Å². The maximum absolute atomic E-state index is 9.86. The number of hydrogen-bond acceptors (Lipinski definition) is 4. The number of nitriles is 1.